The topological polar surface area (TPSA) is 199 Å². The zero-order valence-electron chi connectivity index (χ0n) is 8.27. The molecule has 98 valence electrons. The summed E-state index contributed by atoms with van der Waals surface area (Å²) >= 11 is 0. The summed E-state index contributed by atoms with van der Waals surface area (Å²) in [6.07, 6.45) is -1.57. The molecule has 2 atom stereocenters. The number of carboxylic acid groups (broad SMARTS) is 2. The lowest BCUT2D eigenvalue weighted by atomic mass is 9.82. The lowest BCUT2D eigenvalue weighted by Gasteiger charge is -2.33. The van der Waals surface area contributed by atoms with Crippen LogP contribution < -0.4 is 5.73 Å². The molecule has 1 amide bonds. The zero-order valence-corrected chi connectivity index (χ0v) is 8.27. The fourth-order valence-corrected chi connectivity index (χ4v) is 1.28. The number of primary amides is 1. The third kappa shape index (κ3) is 3.35. The molecule has 0 aromatic heterocycles. The van der Waals surface area contributed by atoms with Crippen molar-refractivity contribution in [2.45, 2.75) is 18.0 Å². The summed E-state index contributed by atoms with van der Waals surface area (Å²) in [5, 5.41) is 52.7. The van der Waals surface area contributed by atoms with Crippen LogP contribution in [0.25, 0.3) is 0 Å². The highest BCUT2D eigenvalue weighted by Crippen LogP contribution is 2.29. The third-order valence-electron chi connectivity index (χ3n) is 1.94. The lowest BCUT2D eigenvalue weighted by molar-refractivity contribution is -0.353. The van der Waals surface area contributed by atoms with Crippen LogP contribution in [0.2, 0.25) is 0 Å². The number of aliphatic carboxylic acids is 2. The highest BCUT2D eigenvalue weighted by molar-refractivity contribution is 5.91. The van der Waals surface area contributed by atoms with Gasteiger partial charge in [0.2, 0.25) is 5.91 Å². The second-order valence-electron chi connectivity index (χ2n) is 3.32. The number of carbonyl (C=O) groups excluding carboxylic acids is 1. The van der Waals surface area contributed by atoms with E-state index in [1.165, 1.54) is 0 Å². The van der Waals surface area contributed by atoms with Crippen molar-refractivity contribution in [3.8, 4) is 0 Å². The molecule has 0 heterocycles. The summed E-state index contributed by atoms with van der Waals surface area (Å²) in [5.74, 6) is -12.7. The number of aliphatic hydroxyl groups is 4. The van der Waals surface area contributed by atoms with Crippen molar-refractivity contribution < 1.29 is 45.0 Å². The van der Waals surface area contributed by atoms with E-state index < -0.39 is 41.8 Å². The Kier molecular flexibility index (Phi) is 4.15. The van der Waals surface area contributed by atoms with E-state index in [0.717, 1.165) is 0 Å². The molecule has 10 heteroatoms. The van der Waals surface area contributed by atoms with Gasteiger partial charge in [-0.25, -0.2) is 4.79 Å². The second-order valence-corrected chi connectivity index (χ2v) is 3.32. The smallest absolute Gasteiger partial charge is 0.337 e. The monoisotopic (exact) mass is 253 g/mol. The molecule has 0 radical (unpaired) electrons. The van der Waals surface area contributed by atoms with Crippen LogP contribution in [0.15, 0.2) is 0 Å². The Hall–Kier alpha value is -1.75. The predicted octanol–water partition coefficient (Wildman–Crippen LogP) is -3.99. The SMILES string of the molecule is NC(=O)C(C(O)(O)O)C(O)(CC(=O)O)C(=O)O. The summed E-state index contributed by atoms with van der Waals surface area (Å²) in [6.45, 7) is 0. The first-order valence-corrected chi connectivity index (χ1v) is 4.07. The van der Waals surface area contributed by atoms with Gasteiger partial charge in [-0.1, -0.05) is 0 Å². The molecule has 0 aliphatic rings. The van der Waals surface area contributed by atoms with Crippen molar-refractivity contribution >= 4 is 17.8 Å². The minimum atomic E-state index is -3.98. The maximum absolute atomic E-state index is 10.8. The Labute approximate surface area is 93.5 Å². The molecule has 8 N–H and O–H groups in total. The molecule has 0 spiro atoms. The van der Waals surface area contributed by atoms with Gasteiger partial charge < -0.3 is 36.4 Å². The highest BCUT2D eigenvalue weighted by atomic mass is 16.7. The first-order valence-electron chi connectivity index (χ1n) is 4.07. The van der Waals surface area contributed by atoms with Crippen molar-refractivity contribution in [2.75, 3.05) is 0 Å². The molecule has 0 aromatic rings. The Balaban J connectivity index is 5.63. The molecular weight excluding hydrogens is 242 g/mol. The molecule has 17 heavy (non-hydrogen) atoms. The number of hydrogen-bond donors (Lipinski definition) is 7. The minimum absolute atomic E-state index is 1.57. The fraction of sp³-hybridized carbons (Fsp3) is 0.571. The zero-order chi connectivity index (χ0) is 14.0. The minimum Gasteiger partial charge on any atom is -0.481 e. The van der Waals surface area contributed by atoms with E-state index in [0.29, 0.717) is 0 Å². The molecule has 10 nitrogen and oxygen atoms in total. The molecule has 0 aromatic carbocycles. The molecule has 0 saturated carbocycles. The summed E-state index contributed by atoms with van der Waals surface area (Å²) in [7, 11) is 0. The number of carboxylic acids is 2. The normalized spacial score (nSPS) is 16.9. The van der Waals surface area contributed by atoms with Crippen molar-refractivity contribution in [1.82, 2.24) is 0 Å². The molecular formula is C7H11NO9. The van der Waals surface area contributed by atoms with Crippen LogP contribution in [-0.4, -0.2) is 60.1 Å². The van der Waals surface area contributed by atoms with Gasteiger partial charge in [0, 0.05) is 0 Å². The quantitative estimate of drug-likeness (QED) is 0.230. The standard InChI is InChI=1S/C7H11NO9/c8-4(11)3(7(15,16)17)6(14,5(12)13)1-2(9)10/h3,14-17H,1H2,(H2,8,11)(H,9,10)(H,12,13). The van der Waals surface area contributed by atoms with E-state index in [1.54, 1.807) is 0 Å². The molecule has 0 bridgehead atoms. The molecule has 0 aliphatic carbocycles. The average Bonchev–Trinajstić information content (AvgIpc) is 1.96. The Morgan fingerprint density at radius 1 is 1.06 bits per heavy atom. The van der Waals surface area contributed by atoms with E-state index in [2.05, 4.69) is 5.73 Å². The third-order valence-corrected chi connectivity index (χ3v) is 1.94. The van der Waals surface area contributed by atoms with Crippen LogP contribution in [0.1, 0.15) is 6.42 Å². The fourth-order valence-electron chi connectivity index (χ4n) is 1.28. The van der Waals surface area contributed by atoms with Gasteiger partial charge in [0.1, 0.15) is 0 Å². The predicted molar refractivity (Wildman–Crippen MR) is 46.9 cm³/mol. The summed E-state index contributed by atoms with van der Waals surface area (Å²) < 4.78 is 0. The molecule has 0 fully saturated rings. The first kappa shape index (κ1) is 15.2. The van der Waals surface area contributed by atoms with Gasteiger partial charge >= 0.3 is 11.9 Å². The number of nitrogens with two attached hydrogens (primary N) is 1. The van der Waals surface area contributed by atoms with Gasteiger partial charge in [-0.15, -0.1) is 0 Å². The van der Waals surface area contributed by atoms with E-state index >= 15 is 0 Å². The average molecular weight is 253 g/mol. The van der Waals surface area contributed by atoms with Gasteiger partial charge in [0.25, 0.3) is 5.97 Å². The highest BCUT2D eigenvalue weighted by Gasteiger charge is 2.58. The van der Waals surface area contributed by atoms with Crippen molar-refractivity contribution in [2.24, 2.45) is 11.7 Å². The largest absolute Gasteiger partial charge is 0.481 e. The van der Waals surface area contributed by atoms with Crippen molar-refractivity contribution in [1.29, 1.82) is 0 Å². The lowest BCUT2D eigenvalue weighted by Crippen LogP contribution is -2.62. The Bertz CT molecular complexity index is 346. The van der Waals surface area contributed by atoms with Gasteiger partial charge in [-0.3, -0.25) is 9.59 Å². The van der Waals surface area contributed by atoms with E-state index in [-0.39, 0.29) is 0 Å². The Morgan fingerprint density at radius 2 is 1.47 bits per heavy atom. The van der Waals surface area contributed by atoms with Crippen molar-refractivity contribution in [3.63, 3.8) is 0 Å². The number of carbonyl (C=O) groups is 3. The number of amides is 1. The summed E-state index contributed by atoms with van der Waals surface area (Å²) in [6, 6.07) is 0. The van der Waals surface area contributed by atoms with Crippen LogP contribution in [-0.2, 0) is 14.4 Å². The van der Waals surface area contributed by atoms with Gasteiger partial charge in [-0.05, 0) is 0 Å². The number of rotatable bonds is 6. The van der Waals surface area contributed by atoms with E-state index in [4.69, 9.17) is 25.5 Å². The van der Waals surface area contributed by atoms with E-state index in [1.807, 2.05) is 0 Å². The van der Waals surface area contributed by atoms with Crippen LogP contribution in [0.3, 0.4) is 0 Å². The maximum atomic E-state index is 10.8. The van der Waals surface area contributed by atoms with Gasteiger partial charge in [0.05, 0.1) is 6.42 Å². The number of hydrogen-bond acceptors (Lipinski definition) is 7. The summed E-state index contributed by atoms with van der Waals surface area (Å²) in [5.41, 5.74) is 1.12. The van der Waals surface area contributed by atoms with Crippen molar-refractivity contribution in [3.05, 3.63) is 0 Å². The van der Waals surface area contributed by atoms with Crippen LogP contribution in [0.5, 0.6) is 0 Å². The van der Waals surface area contributed by atoms with Crippen LogP contribution in [0.4, 0.5) is 0 Å². The molecule has 2 unspecified atom stereocenters. The first-order chi connectivity index (χ1) is 7.43. The van der Waals surface area contributed by atoms with Gasteiger partial charge in [0.15, 0.2) is 11.5 Å². The molecule has 0 saturated heterocycles. The second kappa shape index (κ2) is 4.63. The molecule has 0 aliphatic heterocycles. The maximum Gasteiger partial charge on any atom is 0.337 e. The van der Waals surface area contributed by atoms with Crippen LogP contribution in [0, 0.1) is 5.92 Å². The van der Waals surface area contributed by atoms with Gasteiger partial charge in [-0.2, -0.15) is 0 Å². The van der Waals surface area contributed by atoms with Crippen LogP contribution >= 0.6 is 0 Å². The Morgan fingerprint density at radius 3 is 1.65 bits per heavy atom. The van der Waals surface area contributed by atoms with E-state index in [9.17, 15) is 19.5 Å². The summed E-state index contributed by atoms with van der Waals surface area (Å²) in [4.78, 5) is 31.9. The molecule has 0 rings (SSSR count).